The number of nitrogens with one attached hydrogen (secondary N) is 1. The zero-order valence-electron chi connectivity index (χ0n) is 8.23. The molecule has 0 saturated carbocycles. The summed E-state index contributed by atoms with van der Waals surface area (Å²) >= 11 is 0. The molecule has 0 bridgehead atoms. The zero-order valence-corrected chi connectivity index (χ0v) is 8.23. The van der Waals surface area contributed by atoms with Crippen molar-refractivity contribution < 1.29 is 0 Å². The van der Waals surface area contributed by atoms with Crippen LogP contribution >= 0.6 is 0 Å². The van der Waals surface area contributed by atoms with E-state index < -0.39 is 0 Å². The molecule has 0 aromatic rings. The van der Waals surface area contributed by atoms with Crippen molar-refractivity contribution in [1.29, 1.82) is 5.41 Å². The molecule has 0 aliphatic carbocycles. The van der Waals surface area contributed by atoms with Crippen LogP contribution < -0.4 is 0 Å². The Hall–Kier alpha value is -0.590. The van der Waals surface area contributed by atoms with Gasteiger partial charge in [0.15, 0.2) is 0 Å². The molecule has 0 aliphatic rings. The molecule has 0 spiro atoms. The monoisotopic (exact) mass is 153 g/mol. The Kier molecular flexibility index (Phi) is 3.50. The third-order valence-electron chi connectivity index (χ3n) is 2.25. The highest BCUT2D eigenvalue weighted by molar-refractivity contribution is 5.89. The lowest BCUT2D eigenvalue weighted by molar-refractivity contribution is 0.333. The molecule has 0 fully saturated rings. The van der Waals surface area contributed by atoms with E-state index in [1.807, 2.05) is 6.08 Å². The molecule has 0 radical (unpaired) electrons. The summed E-state index contributed by atoms with van der Waals surface area (Å²) in [7, 11) is 0. The third-order valence-corrected chi connectivity index (χ3v) is 2.25. The van der Waals surface area contributed by atoms with E-state index in [2.05, 4.69) is 33.8 Å². The first-order chi connectivity index (χ1) is 4.86. The summed E-state index contributed by atoms with van der Waals surface area (Å²) in [5.74, 6) is 0.623. The number of hydrogen-bond acceptors (Lipinski definition) is 1. The molecule has 0 heterocycles. The summed E-state index contributed by atoms with van der Waals surface area (Å²) in [5, 5.41) is 7.23. The van der Waals surface area contributed by atoms with Crippen LogP contribution in [-0.4, -0.2) is 5.71 Å². The van der Waals surface area contributed by atoms with Crippen molar-refractivity contribution in [2.24, 2.45) is 11.3 Å². The number of rotatable bonds is 3. The lowest BCUT2D eigenvalue weighted by Crippen LogP contribution is -2.15. The minimum atomic E-state index is 0.211. The smallest absolute Gasteiger partial charge is 0.0279 e. The third kappa shape index (κ3) is 3.97. The first-order valence-electron chi connectivity index (χ1n) is 4.10. The van der Waals surface area contributed by atoms with E-state index in [1.165, 1.54) is 0 Å². The second-order valence-electron chi connectivity index (χ2n) is 3.99. The van der Waals surface area contributed by atoms with Gasteiger partial charge in [-0.2, -0.15) is 0 Å². The van der Waals surface area contributed by atoms with Gasteiger partial charge >= 0.3 is 0 Å². The Balaban J connectivity index is 4.23. The molecular weight excluding hydrogens is 134 g/mol. The Morgan fingerprint density at radius 1 is 1.36 bits per heavy atom. The van der Waals surface area contributed by atoms with Gasteiger partial charge in [-0.1, -0.05) is 33.8 Å². The topological polar surface area (TPSA) is 23.9 Å². The maximum Gasteiger partial charge on any atom is 0.0279 e. The highest BCUT2D eigenvalue weighted by Crippen LogP contribution is 2.27. The Morgan fingerprint density at radius 3 is 2.09 bits per heavy atom. The fourth-order valence-corrected chi connectivity index (χ4v) is 0.532. The molecule has 1 heteroatoms. The Labute approximate surface area is 70.0 Å². The zero-order chi connectivity index (χ0) is 9.07. The predicted molar refractivity (Wildman–Crippen MR) is 51.2 cm³/mol. The minimum Gasteiger partial charge on any atom is -0.306 e. The maximum absolute atomic E-state index is 7.23. The van der Waals surface area contributed by atoms with E-state index in [9.17, 15) is 0 Å². The SMILES string of the molecule is CC(=N)/C=C\C(C)(C)C(C)C. The largest absolute Gasteiger partial charge is 0.306 e. The average Bonchev–Trinajstić information content (AvgIpc) is 1.84. The molecule has 0 aromatic carbocycles. The van der Waals surface area contributed by atoms with Crippen molar-refractivity contribution in [1.82, 2.24) is 0 Å². The van der Waals surface area contributed by atoms with E-state index in [0.29, 0.717) is 11.6 Å². The first kappa shape index (κ1) is 10.4. The summed E-state index contributed by atoms with van der Waals surface area (Å²) in [6.07, 6.45) is 3.99. The van der Waals surface area contributed by atoms with Gasteiger partial charge in [0.05, 0.1) is 0 Å². The summed E-state index contributed by atoms with van der Waals surface area (Å²) < 4.78 is 0. The summed E-state index contributed by atoms with van der Waals surface area (Å²) in [6, 6.07) is 0. The van der Waals surface area contributed by atoms with Crippen molar-refractivity contribution in [3.8, 4) is 0 Å². The summed E-state index contributed by atoms with van der Waals surface area (Å²) in [6.45, 7) is 10.6. The fraction of sp³-hybridized carbons (Fsp3) is 0.700. The van der Waals surface area contributed by atoms with Crippen molar-refractivity contribution >= 4 is 5.71 Å². The van der Waals surface area contributed by atoms with Gasteiger partial charge in [-0.05, 0) is 24.3 Å². The summed E-state index contributed by atoms with van der Waals surface area (Å²) in [4.78, 5) is 0. The van der Waals surface area contributed by atoms with Gasteiger partial charge in [0.1, 0.15) is 0 Å². The van der Waals surface area contributed by atoms with Crippen LogP contribution in [0.4, 0.5) is 0 Å². The normalized spacial score (nSPS) is 12.9. The Bertz CT molecular complexity index is 164. The van der Waals surface area contributed by atoms with E-state index in [0.717, 1.165) is 0 Å². The van der Waals surface area contributed by atoms with Gasteiger partial charge in [-0.3, -0.25) is 0 Å². The van der Waals surface area contributed by atoms with Crippen molar-refractivity contribution in [3.63, 3.8) is 0 Å². The number of allylic oxidation sites excluding steroid dienone is 2. The van der Waals surface area contributed by atoms with Crippen LogP contribution in [-0.2, 0) is 0 Å². The van der Waals surface area contributed by atoms with E-state index in [1.54, 1.807) is 6.92 Å². The van der Waals surface area contributed by atoms with Gasteiger partial charge in [-0.15, -0.1) is 0 Å². The Morgan fingerprint density at radius 2 is 1.82 bits per heavy atom. The molecule has 11 heavy (non-hydrogen) atoms. The van der Waals surface area contributed by atoms with Gasteiger partial charge in [0.2, 0.25) is 0 Å². The van der Waals surface area contributed by atoms with Crippen LogP contribution in [0.2, 0.25) is 0 Å². The molecule has 0 saturated heterocycles. The summed E-state index contributed by atoms with van der Waals surface area (Å²) in [5.41, 5.74) is 0.834. The first-order valence-corrected chi connectivity index (χ1v) is 4.10. The molecule has 1 nitrogen and oxygen atoms in total. The molecule has 0 amide bonds. The molecule has 1 N–H and O–H groups in total. The van der Waals surface area contributed by atoms with Gasteiger partial charge < -0.3 is 5.41 Å². The second kappa shape index (κ2) is 3.70. The average molecular weight is 153 g/mol. The molecule has 0 unspecified atom stereocenters. The molecular formula is C10H19N. The molecule has 0 aromatic heterocycles. The van der Waals surface area contributed by atoms with Gasteiger partial charge in [-0.25, -0.2) is 0 Å². The standard InChI is InChI=1S/C10H19N/c1-8(2)10(4,5)7-6-9(3)11/h6-8,11H,1-5H3/b7-6-,11-9?. The van der Waals surface area contributed by atoms with Crippen molar-refractivity contribution in [2.45, 2.75) is 34.6 Å². The maximum atomic E-state index is 7.23. The molecule has 0 rings (SSSR count). The van der Waals surface area contributed by atoms with Gasteiger partial charge in [0.25, 0.3) is 0 Å². The van der Waals surface area contributed by atoms with E-state index in [-0.39, 0.29) is 5.41 Å². The second-order valence-corrected chi connectivity index (χ2v) is 3.99. The van der Waals surface area contributed by atoms with Crippen LogP contribution in [0.3, 0.4) is 0 Å². The van der Waals surface area contributed by atoms with E-state index in [4.69, 9.17) is 5.41 Å². The number of hydrogen-bond donors (Lipinski definition) is 1. The van der Waals surface area contributed by atoms with Crippen LogP contribution in [0, 0.1) is 16.7 Å². The van der Waals surface area contributed by atoms with Crippen LogP contribution in [0.15, 0.2) is 12.2 Å². The van der Waals surface area contributed by atoms with Crippen LogP contribution in [0.5, 0.6) is 0 Å². The van der Waals surface area contributed by atoms with Crippen LogP contribution in [0.1, 0.15) is 34.6 Å². The lowest BCUT2D eigenvalue weighted by Gasteiger charge is -2.24. The molecule has 0 atom stereocenters. The van der Waals surface area contributed by atoms with Crippen molar-refractivity contribution in [3.05, 3.63) is 12.2 Å². The van der Waals surface area contributed by atoms with Crippen molar-refractivity contribution in [2.75, 3.05) is 0 Å². The minimum absolute atomic E-state index is 0.211. The lowest BCUT2D eigenvalue weighted by atomic mass is 9.81. The van der Waals surface area contributed by atoms with E-state index >= 15 is 0 Å². The van der Waals surface area contributed by atoms with Crippen LogP contribution in [0.25, 0.3) is 0 Å². The predicted octanol–water partition coefficient (Wildman–Crippen LogP) is 3.26. The highest BCUT2D eigenvalue weighted by Gasteiger charge is 2.17. The fourth-order valence-electron chi connectivity index (χ4n) is 0.532. The quantitative estimate of drug-likeness (QED) is 0.602. The highest BCUT2D eigenvalue weighted by atomic mass is 14.4. The molecule has 0 aliphatic heterocycles. The van der Waals surface area contributed by atoms with Gasteiger partial charge in [0, 0.05) is 5.71 Å². The molecule has 64 valence electrons.